The third-order valence-electron chi connectivity index (χ3n) is 9.86. The van der Waals surface area contributed by atoms with Gasteiger partial charge in [-0.05, 0) is 54.6 Å². The highest BCUT2D eigenvalue weighted by atomic mass is 16.3. The first-order valence-corrected chi connectivity index (χ1v) is 16.9. The molecule has 4 aromatic heterocycles. The van der Waals surface area contributed by atoms with Crippen molar-refractivity contribution in [3.05, 3.63) is 158 Å². The number of hydrogen-bond acceptors (Lipinski definition) is 5. The van der Waals surface area contributed by atoms with Crippen LogP contribution >= 0.6 is 0 Å². The number of benzene rings is 7. The molecule has 0 radical (unpaired) electrons. The van der Waals surface area contributed by atoms with Crippen molar-refractivity contribution < 1.29 is 8.83 Å². The van der Waals surface area contributed by atoms with Crippen LogP contribution in [-0.2, 0) is 0 Å². The van der Waals surface area contributed by atoms with E-state index in [1.807, 2.05) is 66.7 Å². The summed E-state index contributed by atoms with van der Waals surface area (Å²) in [6.45, 7) is 0. The van der Waals surface area contributed by atoms with E-state index in [1.165, 1.54) is 10.8 Å². The van der Waals surface area contributed by atoms with Crippen LogP contribution in [0.2, 0.25) is 0 Å². The minimum atomic E-state index is 0.563. The highest BCUT2D eigenvalue weighted by Crippen LogP contribution is 2.40. The first kappa shape index (κ1) is 27.9. The highest BCUT2D eigenvalue weighted by Gasteiger charge is 2.19. The lowest BCUT2D eigenvalue weighted by Gasteiger charge is -2.10. The molecular weight excluding hydrogens is 629 g/mol. The molecule has 0 spiro atoms. The van der Waals surface area contributed by atoms with E-state index in [2.05, 4.69) is 95.6 Å². The largest absolute Gasteiger partial charge is 0.456 e. The summed E-state index contributed by atoms with van der Waals surface area (Å²) in [7, 11) is 0. The maximum Gasteiger partial charge on any atom is 0.164 e. The van der Waals surface area contributed by atoms with Gasteiger partial charge in [-0.15, -0.1) is 0 Å². The number of para-hydroxylation sites is 3. The van der Waals surface area contributed by atoms with Gasteiger partial charge in [-0.3, -0.25) is 0 Å². The van der Waals surface area contributed by atoms with Gasteiger partial charge in [0.25, 0.3) is 0 Å². The molecule has 0 amide bonds. The second-order valence-corrected chi connectivity index (χ2v) is 12.8. The second kappa shape index (κ2) is 10.7. The zero-order valence-electron chi connectivity index (χ0n) is 27.1. The quantitative estimate of drug-likeness (QED) is 0.189. The molecule has 0 saturated heterocycles. The highest BCUT2D eigenvalue weighted by molar-refractivity contribution is 6.14. The van der Waals surface area contributed by atoms with E-state index >= 15 is 0 Å². The molecule has 0 unspecified atom stereocenters. The normalized spacial score (nSPS) is 11.9. The Labute approximate surface area is 290 Å². The third-order valence-corrected chi connectivity index (χ3v) is 9.86. The number of fused-ring (bicyclic) bond motifs is 9. The van der Waals surface area contributed by atoms with Crippen molar-refractivity contribution >= 4 is 65.7 Å². The van der Waals surface area contributed by atoms with E-state index in [4.69, 9.17) is 23.8 Å². The lowest BCUT2D eigenvalue weighted by molar-refractivity contribution is 0.668. The Hall–Kier alpha value is -7.05. The van der Waals surface area contributed by atoms with Crippen molar-refractivity contribution in [2.75, 3.05) is 0 Å². The molecule has 0 saturated carbocycles. The Morgan fingerprint density at radius 2 is 0.863 bits per heavy atom. The van der Waals surface area contributed by atoms with Gasteiger partial charge >= 0.3 is 0 Å². The first-order chi connectivity index (χ1) is 25.3. The lowest BCUT2D eigenvalue weighted by Crippen LogP contribution is -2.00. The first-order valence-electron chi connectivity index (χ1n) is 16.9. The smallest absolute Gasteiger partial charge is 0.164 e. The topological polar surface area (TPSA) is 69.9 Å². The van der Waals surface area contributed by atoms with Crippen molar-refractivity contribution in [1.29, 1.82) is 0 Å². The zero-order chi connectivity index (χ0) is 33.5. The Kier molecular flexibility index (Phi) is 5.86. The average molecular weight is 655 g/mol. The van der Waals surface area contributed by atoms with E-state index in [9.17, 15) is 0 Å². The SMILES string of the molecule is c1ccc(-c2nc(-c3ccc4c(c3)oc3ccccc34)nc(-c3ccc4c(c3)oc3cccc(-n5c6ccccc6c6ccccc65)c34)n2)cc1. The fourth-order valence-electron chi connectivity index (χ4n) is 7.53. The van der Waals surface area contributed by atoms with Gasteiger partial charge in [0.15, 0.2) is 17.5 Å². The van der Waals surface area contributed by atoms with Gasteiger partial charge in [-0.25, -0.2) is 15.0 Å². The summed E-state index contributed by atoms with van der Waals surface area (Å²) < 4.78 is 15.2. The van der Waals surface area contributed by atoms with Crippen molar-refractivity contribution in [1.82, 2.24) is 19.5 Å². The Morgan fingerprint density at radius 1 is 0.353 bits per heavy atom. The zero-order valence-corrected chi connectivity index (χ0v) is 27.1. The summed E-state index contributed by atoms with van der Waals surface area (Å²) in [5.74, 6) is 1.73. The maximum absolute atomic E-state index is 6.59. The summed E-state index contributed by atoms with van der Waals surface area (Å²) in [6.07, 6.45) is 0. The molecule has 0 atom stereocenters. The molecule has 0 N–H and O–H groups in total. The van der Waals surface area contributed by atoms with Crippen LogP contribution in [-0.4, -0.2) is 19.5 Å². The summed E-state index contributed by atoms with van der Waals surface area (Å²) in [4.78, 5) is 15.0. The molecule has 51 heavy (non-hydrogen) atoms. The van der Waals surface area contributed by atoms with E-state index in [-0.39, 0.29) is 0 Å². The second-order valence-electron chi connectivity index (χ2n) is 12.8. The molecule has 7 aromatic carbocycles. The van der Waals surface area contributed by atoms with Gasteiger partial charge in [0, 0.05) is 43.6 Å². The monoisotopic (exact) mass is 654 g/mol. The molecule has 0 aliphatic heterocycles. The summed E-state index contributed by atoms with van der Waals surface area (Å²) in [6, 6.07) is 53.9. The Balaban J connectivity index is 1.10. The third kappa shape index (κ3) is 4.26. The molecule has 238 valence electrons. The van der Waals surface area contributed by atoms with Crippen molar-refractivity contribution in [2.45, 2.75) is 0 Å². The number of furan rings is 2. The predicted molar refractivity (Wildman–Crippen MR) is 205 cm³/mol. The van der Waals surface area contributed by atoms with Gasteiger partial charge < -0.3 is 13.4 Å². The van der Waals surface area contributed by atoms with Crippen LogP contribution in [0, 0.1) is 0 Å². The minimum absolute atomic E-state index is 0.563. The van der Waals surface area contributed by atoms with Crippen LogP contribution in [0.4, 0.5) is 0 Å². The van der Waals surface area contributed by atoms with Crippen molar-refractivity contribution in [3.63, 3.8) is 0 Å². The molecule has 6 heteroatoms. The molecule has 11 aromatic rings. The van der Waals surface area contributed by atoms with Crippen LogP contribution < -0.4 is 0 Å². The van der Waals surface area contributed by atoms with Gasteiger partial charge in [0.1, 0.15) is 22.3 Å². The van der Waals surface area contributed by atoms with Crippen LogP contribution in [0.1, 0.15) is 0 Å². The Morgan fingerprint density at radius 3 is 1.57 bits per heavy atom. The van der Waals surface area contributed by atoms with Gasteiger partial charge in [0.05, 0.1) is 22.1 Å². The minimum Gasteiger partial charge on any atom is -0.456 e. The van der Waals surface area contributed by atoms with Crippen LogP contribution in [0.25, 0.3) is 106 Å². The van der Waals surface area contributed by atoms with E-state index in [0.717, 1.165) is 77.3 Å². The van der Waals surface area contributed by atoms with E-state index in [1.54, 1.807) is 0 Å². The van der Waals surface area contributed by atoms with Crippen LogP contribution in [0.5, 0.6) is 0 Å². The van der Waals surface area contributed by atoms with Gasteiger partial charge in [0.2, 0.25) is 0 Å². The number of rotatable bonds is 4. The molecule has 6 nitrogen and oxygen atoms in total. The summed E-state index contributed by atoms with van der Waals surface area (Å²) in [5.41, 5.74) is 9.22. The summed E-state index contributed by atoms with van der Waals surface area (Å²) in [5, 5.41) is 6.67. The number of hydrogen-bond donors (Lipinski definition) is 0. The molecule has 4 heterocycles. The van der Waals surface area contributed by atoms with Crippen molar-refractivity contribution in [3.8, 4) is 39.9 Å². The maximum atomic E-state index is 6.59. The molecule has 0 bridgehead atoms. The number of aromatic nitrogens is 4. The van der Waals surface area contributed by atoms with Gasteiger partial charge in [-0.1, -0.05) is 103 Å². The van der Waals surface area contributed by atoms with E-state index in [0.29, 0.717) is 17.5 Å². The fourth-order valence-corrected chi connectivity index (χ4v) is 7.53. The van der Waals surface area contributed by atoms with E-state index < -0.39 is 0 Å². The van der Waals surface area contributed by atoms with Crippen LogP contribution in [0.3, 0.4) is 0 Å². The number of nitrogens with zero attached hydrogens (tertiary/aromatic N) is 4. The fraction of sp³-hybridized carbons (Fsp3) is 0. The Bertz CT molecular complexity index is 3100. The standard InChI is InChI=1S/C45H26N4O2/c1-2-11-27(12-3-1)43-46-44(28-21-23-33-32-15-6-9-19-38(32)50-40(33)25-28)48-45(47-43)29-22-24-34-41(26-29)51-39-20-10-18-37(42(34)39)49-35-16-7-4-13-30(35)31-14-5-8-17-36(31)49/h1-26H. The predicted octanol–water partition coefficient (Wildman–Crippen LogP) is 11.8. The van der Waals surface area contributed by atoms with Gasteiger partial charge in [-0.2, -0.15) is 0 Å². The van der Waals surface area contributed by atoms with Crippen LogP contribution in [0.15, 0.2) is 167 Å². The summed E-state index contributed by atoms with van der Waals surface area (Å²) >= 11 is 0. The molecule has 0 fully saturated rings. The molecular formula is C45H26N4O2. The molecule has 0 aliphatic rings. The average Bonchev–Trinajstić information content (AvgIpc) is 3.87. The molecule has 11 rings (SSSR count). The van der Waals surface area contributed by atoms with Crippen molar-refractivity contribution in [2.24, 2.45) is 0 Å². The molecule has 0 aliphatic carbocycles. The lowest BCUT2D eigenvalue weighted by atomic mass is 10.1.